The minimum atomic E-state index is -0.405. The molecule has 0 fully saturated rings. The number of aliphatic hydroxyl groups is 1. The molecular weight excluding hydrogens is 310 g/mol. The van der Waals surface area contributed by atoms with Gasteiger partial charge in [0.25, 0.3) is 0 Å². The molecule has 1 aromatic carbocycles. The van der Waals surface area contributed by atoms with E-state index in [4.69, 9.17) is 0 Å². The Labute approximate surface area is 120 Å². The summed E-state index contributed by atoms with van der Waals surface area (Å²) in [6.07, 6.45) is -0.405. The van der Waals surface area contributed by atoms with E-state index in [9.17, 15) is 5.11 Å². The van der Waals surface area contributed by atoms with E-state index >= 15 is 0 Å². The van der Waals surface area contributed by atoms with Gasteiger partial charge in [-0.2, -0.15) is 0 Å². The van der Waals surface area contributed by atoms with Crippen LogP contribution in [0.15, 0.2) is 39.5 Å². The van der Waals surface area contributed by atoms with Gasteiger partial charge in [0.15, 0.2) is 0 Å². The maximum absolute atomic E-state index is 9.47. The number of nitrogens with zero attached hydrogens (tertiary/aromatic N) is 1. The zero-order valence-electron chi connectivity index (χ0n) is 10.4. The van der Waals surface area contributed by atoms with Crippen molar-refractivity contribution < 1.29 is 5.11 Å². The first-order valence-corrected chi connectivity index (χ1v) is 7.45. The van der Waals surface area contributed by atoms with Crippen LogP contribution in [0.5, 0.6) is 0 Å². The molecule has 2 rings (SSSR count). The van der Waals surface area contributed by atoms with Gasteiger partial charge in [0.1, 0.15) is 0 Å². The lowest BCUT2D eigenvalue weighted by Gasteiger charge is -2.19. The standard InChI is InChI=1S/C14H16BrNOS/c1-10(17)12-3-5-13(6-4-12)16(2)8-11-7-14(15)18-9-11/h3-7,9-10,17H,8H2,1-2H3/t10-/m1/s1. The number of benzene rings is 1. The predicted molar refractivity (Wildman–Crippen MR) is 81.2 cm³/mol. The fourth-order valence-corrected chi connectivity index (χ4v) is 3.00. The summed E-state index contributed by atoms with van der Waals surface area (Å²) in [5.74, 6) is 0. The average Bonchev–Trinajstić information content (AvgIpc) is 2.75. The van der Waals surface area contributed by atoms with Crippen molar-refractivity contribution in [1.29, 1.82) is 0 Å². The van der Waals surface area contributed by atoms with Gasteiger partial charge in [0.2, 0.25) is 0 Å². The number of hydrogen-bond donors (Lipinski definition) is 1. The smallest absolute Gasteiger partial charge is 0.0761 e. The second kappa shape index (κ2) is 5.87. The predicted octanol–water partition coefficient (Wildman–Crippen LogP) is 4.20. The Bertz CT molecular complexity index is 507. The molecule has 18 heavy (non-hydrogen) atoms. The molecule has 0 unspecified atom stereocenters. The van der Waals surface area contributed by atoms with Crippen LogP contribution in [0.4, 0.5) is 5.69 Å². The Morgan fingerprint density at radius 2 is 2.00 bits per heavy atom. The first-order valence-electron chi connectivity index (χ1n) is 5.78. The summed E-state index contributed by atoms with van der Waals surface area (Å²) in [7, 11) is 2.07. The molecule has 0 bridgehead atoms. The lowest BCUT2D eigenvalue weighted by atomic mass is 10.1. The highest BCUT2D eigenvalue weighted by Gasteiger charge is 2.05. The monoisotopic (exact) mass is 325 g/mol. The first kappa shape index (κ1) is 13.6. The second-order valence-corrected chi connectivity index (χ2v) is 6.67. The van der Waals surface area contributed by atoms with Crippen molar-refractivity contribution in [2.75, 3.05) is 11.9 Å². The summed E-state index contributed by atoms with van der Waals surface area (Å²) < 4.78 is 1.16. The third kappa shape index (κ3) is 3.34. The van der Waals surface area contributed by atoms with Crippen molar-refractivity contribution in [2.45, 2.75) is 19.6 Å². The number of anilines is 1. The van der Waals surface area contributed by atoms with Crippen LogP contribution in [0.3, 0.4) is 0 Å². The Balaban J connectivity index is 2.06. The Kier molecular flexibility index (Phi) is 4.43. The van der Waals surface area contributed by atoms with Crippen molar-refractivity contribution in [1.82, 2.24) is 0 Å². The second-order valence-electron chi connectivity index (χ2n) is 4.38. The zero-order valence-corrected chi connectivity index (χ0v) is 12.8. The van der Waals surface area contributed by atoms with Crippen LogP contribution < -0.4 is 4.90 Å². The van der Waals surface area contributed by atoms with E-state index in [1.807, 2.05) is 24.3 Å². The van der Waals surface area contributed by atoms with Gasteiger partial charge in [0.05, 0.1) is 9.89 Å². The molecule has 0 radical (unpaired) electrons. The van der Waals surface area contributed by atoms with Crippen LogP contribution >= 0.6 is 27.3 Å². The normalized spacial score (nSPS) is 12.4. The molecule has 1 aromatic heterocycles. The van der Waals surface area contributed by atoms with E-state index in [1.165, 1.54) is 5.56 Å². The van der Waals surface area contributed by atoms with E-state index in [2.05, 4.69) is 39.3 Å². The molecule has 1 atom stereocenters. The van der Waals surface area contributed by atoms with Crippen LogP contribution in [0.1, 0.15) is 24.2 Å². The molecule has 0 amide bonds. The fraction of sp³-hybridized carbons (Fsp3) is 0.286. The van der Waals surface area contributed by atoms with Gasteiger partial charge in [-0.3, -0.25) is 0 Å². The molecule has 1 heterocycles. The quantitative estimate of drug-likeness (QED) is 0.910. The molecule has 0 aliphatic rings. The Morgan fingerprint density at radius 3 is 2.50 bits per heavy atom. The topological polar surface area (TPSA) is 23.5 Å². The molecule has 4 heteroatoms. The summed E-state index contributed by atoms with van der Waals surface area (Å²) in [6.45, 7) is 2.66. The fourth-order valence-electron chi connectivity index (χ4n) is 1.80. The minimum Gasteiger partial charge on any atom is -0.389 e. The maximum Gasteiger partial charge on any atom is 0.0761 e. The third-order valence-corrected chi connectivity index (χ3v) is 4.41. The number of aliphatic hydroxyl groups excluding tert-OH is 1. The van der Waals surface area contributed by atoms with Crippen molar-refractivity contribution in [3.05, 3.63) is 50.6 Å². The Hall–Kier alpha value is -0.840. The van der Waals surface area contributed by atoms with Crippen LogP contribution in [-0.2, 0) is 6.54 Å². The first-order chi connectivity index (χ1) is 8.56. The van der Waals surface area contributed by atoms with Gasteiger partial charge in [-0.1, -0.05) is 12.1 Å². The van der Waals surface area contributed by atoms with Crippen molar-refractivity contribution >= 4 is 33.0 Å². The summed E-state index contributed by atoms with van der Waals surface area (Å²) in [4.78, 5) is 2.19. The van der Waals surface area contributed by atoms with Crippen molar-refractivity contribution in [3.8, 4) is 0 Å². The maximum atomic E-state index is 9.47. The summed E-state index contributed by atoms with van der Waals surface area (Å²) in [5, 5.41) is 11.6. The van der Waals surface area contributed by atoms with Gasteiger partial charge in [-0.25, -0.2) is 0 Å². The molecule has 0 spiro atoms. The van der Waals surface area contributed by atoms with Crippen LogP contribution in [0.25, 0.3) is 0 Å². The van der Waals surface area contributed by atoms with Crippen LogP contribution in [0.2, 0.25) is 0 Å². The molecular formula is C14H16BrNOS. The number of thiophene rings is 1. The molecule has 2 aromatic rings. The van der Waals surface area contributed by atoms with Crippen LogP contribution in [-0.4, -0.2) is 12.2 Å². The van der Waals surface area contributed by atoms with E-state index in [-0.39, 0.29) is 0 Å². The van der Waals surface area contributed by atoms with Gasteiger partial charge < -0.3 is 10.0 Å². The SMILES string of the molecule is C[C@@H](O)c1ccc(N(C)Cc2csc(Br)c2)cc1. The van der Waals surface area contributed by atoms with Crippen molar-refractivity contribution in [2.24, 2.45) is 0 Å². The van der Waals surface area contributed by atoms with Crippen molar-refractivity contribution in [3.63, 3.8) is 0 Å². The summed E-state index contributed by atoms with van der Waals surface area (Å²) in [5.41, 5.74) is 3.40. The number of rotatable bonds is 4. The summed E-state index contributed by atoms with van der Waals surface area (Å²) in [6, 6.07) is 10.2. The van der Waals surface area contributed by atoms with Gasteiger partial charge in [-0.15, -0.1) is 11.3 Å². The van der Waals surface area contributed by atoms with Gasteiger partial charge in [-0.05, 0) is 57.6 Å². The molecule has 2 nitrogen and oxygen atoms in total. The molecule has 0 aliphatic carbocycles. The highest BCUT2D eigenvalue weighted by Crippen LogP contribution is 2.24. The van der Waals surface area contributed by atoms with Gasteiger partial charge in [0, 0.05) is 19.3 Å². The third-order valence-electron chi connectivity index (χ3n) is 2.86. The van der Waals surface area contributed by atoms with E-state index in [1.54, 1.807) is 18.3 Å². The molecule has 0 saturated carbocycles. The van der Waals surface area contributed by atoms with Gasteiger partial charge >= 0.3 is 0 Å². The van der Waals surface area contributed by atoms with E-state index in [0.29, 0.717) is 0 Å². The van der Waals surface area contributed by atoms with E-state index in [0.717, 1.165) is 21.6 Å². The van der Waals surface area contributed by atoms with E-state index < -0.39 is 6.10 Å². The zero-order chi connectivity index (χ0) is 13.1. The molecule has 1 N–H and O–H groups in total. The summed E-state index contributed by atoms with van der Waals surface area (Å²) >= 11 is 5.18. The highest BCUT2D eigenvalue weighted by molar-refractivity contribution is 9.11. The molecule has 0 saturated heterocycles. The van der Waals surface area contributed by atoms with Crippen LogP contribution in [0, 0.1) is 0 Å². The minimum absolute atomic E-state index is 0.405. The lowest BCUT2D eigenvalue weighted by Crippen LogP contribution is -2.15. The number of hydrogen-bond acceptors (Lipinski definition) is 3. The number of halogens is 1. The average molecular weight is 326 g/mol. The largest absolute Gasteiger partial charge is 0.389 e. The molecule has 0 aliphatic heterocycles. The Morgan fingerprint density at radius 1 is 1.33 bits per heavy atom. The highest BCUT2D eigenvalue weighted by atomic mass is 79.9. The molecule has 96 valence electrons. The lowest BCUT2D eigenvalue weighted by molar-refractivity contribution is 0.199.